The van der Waals surface area contributed by atoms with Gasteiger partial charge in [0.1, 0.15) is 12.4 Å². The van der Waals surface area contributed by atoms with Crippen molar-refractivity contribution in [3.63, 3.8) is 0 Å². The standard InChI is InChI=1S/C36H44N2O6/c1-24(34-31(39)21-36(2,3)22-32(34)40)37-15-9-8-10-25(35(42)38-16-18-43-19-17-38)20-33(41)44-23-30-28-13-6-4-11-26(28)27-12-5-7-14-29(27)30/h4-7,11-14,25,30,39H,8-10,15-23H2,1-3H3/t25-/m0/s1. The lowest BCUT2D eigenvalue weighted by molar-refractivity contribution is -0.150. The number of Topliss-reactive ketones (excluding diaryl/α,β-unsaturated/α-hetero) is 1. The zero-order chi connectivity index (χ0) is 31.3. The topological polar surface area (TPSA) is 106 Å². The minimum Gasteiger partial charge on any atom is -0.511 e. The fourth-order valence-electron chi connectivity index (χ4n) is 6.76. The number of aliphatic imine (C=N–C) groups is 1. The van der Waals surface area contributed by atoms with Crippen LogP contribution in [0.3, 0.4) is 0 Å². The van der Waals surface area contributed by atoms with Gasteiger partial charge in [0.2, 0.25) is 5.91 Å². The van der Waals surface area contributed by atoms with E-state index >= 15 is 0 Å². The van der Waals surface area contributed by atoms with Crippen molar-refractivity contribution in [2.75, 3.05) is 39.5 Å². The van der Waals surface area contributed by atoms with Gasteiger partial charge in [0, 0.05) is 50.0 Å². The molecule has 1 N–H and O–H groups in total. The zero-order valence-electron chi connectivity index (χ0n) is 26.1. The average molecular weight is 601 g/mol. The van der Waals surface area contributed by atoms with Crippen molar-refractivity contribution >= 4 is 23.4 Å². The number of ether oxygens (including phenoxy) is 2. The monoisotopic (exact) mass is 600 g/mol. The van der Waals surface area contributed by atoms with E-state index in [9.17, 15) is 19.5 Å². The van der Waals surface area contributed by atoms with Crippen LogP contribution in [0.15, 0.2) is 64.9 Å². The maximum atomic E-state index is 13.5. The third-order valence-corrected chi connectivity index (χ3v) is 8.98. The number of unbranched alkanes of at least 4 members (excludes halogenated alkanes) is 1. The molecule has 0 bridgehead atoms. The number of rotatable bonds is 11. The molecule has 0 spiro atoms. The number of hydrogen-bond donors (Lipinski definition) is 1. The number of carbonyl (C=O) groups excluding carboxylic acids is 3. The van der Waals surface area contributed by atoms with Gasteiger partial charge in [-0.25, -0.2) is 0 Å². The van der Waals surface area contributed by atoms with E-state index in [-0.39, 0.29) is 47.8 Å². The second-order valence-corrected chi connectivity index (χ2v) is 13.0. The van der Waals surface area contributed by atoms with E-state index in [2.05, 4.69) is 29.3 Å². The van der Waals surface area contributed by atoms with Crippen LogP contribution in [0.2, 0.25) is 0 Å². The van der Waals surface area contributed by atoms with Gasteiger partial charge in [-0.1, -0.05) is 68.8 Å². The molecule has 234 valence electrons. The van der Waals surface area contributed by atoms with Crippen LogP contribution in [0.4, 0.5) is 0 Å². The Bertz CT molecular complexity index is 1410. The summed E-state index contributed by atoms with van der Waals surface area (Å²) >= 11 is 0. The average Bonchev–Trinajstić information content (AvgIpc) is 3.32. The lowest BCUT2D eigenvalue weighted by Crippen LogP contribution is -2.44. The molecule has 1 aliphatic heterocycles. The van der Waals surface area contributed by atoms with Crippen molar-refractivity contribution in [2.24, 2.45) is 16.3 Å². The van der Waals surface area contributed by atoms with Gasteiger partial charge in [0.25, 0.3) is 0 Å². The Balaban J connectivity index is 1.18. The summed E-state index contributed by atoms with van der Waals surface area (Å²) in [7, 11) is 0. The molecule has 8 nitrogen and oxygen atoms in total. The first-order valence-corrected chi connectivity index (χ1v) is 15.8. The molecule has 1 fully saturated rings. The van der Waals surface area contributed by atoms with Gasteiger partial charge >= 0.3 is 5.97 Å². The van der Waals surface area contributed by atoms with Crippen LogP contribution in [0.1, 0.15) is 76.3 Å². The molecule has 2 aliphatic carbocycles. The summed E-state index contributed by atoms with van der Waals surface area (Å²) in [6.45, 7) is 8.46. The number of allylic oxidation sites excluding steroid dienone is 2. The number of carbonyl (C=O) groups is 3. The van der Waals surface area contributed by atoms with Crippen LogP contribution in [-0.4, -0.2) is 72.8 Å². The van der Waals surface area contributed by atoms with Gasteiger partial charge in [-0.2, -0.15) is 0 Å². The quantitative estimate of drug-likeness (QED) is 0.192. The van der Waals surface area contributed by atoms with Crippen LogP contribution in [0.25, 0.3) is 11.1 Å². The highest BCUT2D eigenvalue weighted by Gasteiger charge is 2.34. The summed E-state index contributed by atoms with van der Waals surface area (Å²) in [5, 5.41) is 10.5. The number of nitrogens with zero attached hydrogens (tertiary/aromatic N) is 2. The zero-order valence-corrected chi connectivity index (χ0v) is 26.1. The summed E-state index contributed by atoms with van der Waals surface area (Å²) in [4.78, 5) is 45.7. The number of aliphatic hydroxyl groups excluding tert-OH is 1. The van der Waals surface area contributed by atoms with Gasteiger partial charge in [0.05, 0.1) is 25.2 Å². The minimum absolute atomic E-state index is 0.0273. The second-order valence-electron chi connectivity index (χ2n) is 13.0. The van der Waals surface area contributed by atoms with Gasteiger partial charge in [-0.3, -0.25) is 19.4 Å². The maximum absolute atomic E-state index is 13.5. The molecule has 8 heteroatoms. The van der Waals surface area contributed by atoms with Crippen molar-refractivity contribution in [1.29, 1.82) is 0 Å². The molecule has 1 saturated heterocycles. The molecule has 2 aromatic carbocycles. The molecule has 0 unspecified atom stereocenters. The number of morpholine rings is 1. The van der Waals surface area contributed by atoms with E-state index in [0.29, 0.717) is 76.2 Å². The van der Waals surface area contributed by atoms with Crippen molar-refractivity contribution < 1.29 is 29.0 Å². The highest BCUT2D eigenvalue weighted by molar-refractivity contribution is 6.22. The van der Waals surface area contributed by atoms with Crippen LogP contribution in [0.5, 0.6) is 0 Å². The smallest absolute Gasteiger partial charge is 0.306 e. The molecular weight excluding hydrogens is 556 g/mol. The summed E-state index contributed by atoms with van der Waals surface area (Å²) in [5.74, 6) is -0.869. The number of ketones is 1. The lowest BCUT2D eigenvalue weighted by atomic mass is 9.76. The minimum atomic E-state index is -0.484. The molecule has 5 rings (SSSR count). The summed E-state index contributed by atoms with van der Waals surface area (Å²) in [6.07, 6.45) is 2.81. The van der Waals surface area contributed by atoms with Crippen molar-refractivity contribution in [2.45, 2.75) is 65.2 Å². The third-order valence-electron chi connectivity index (χ3n) is 8.98. The Labute approximate surface area is 260 Å². The summed E-state index contributed by atoms with van der Waals surface area (Å²) in [6, 6.07) is 16.5. The molecule has 0 saturated carbocycles. The van der Waals surface area contributed by atoms with E-state index in [4.69, 9.17) is 9.47 Å². The Morgan fingerprint density at radius 1 is 1.02 bits per heavy atom. The maximum Gasteiger partial charge on any atom is 0.306 e. The van der Waals surface area contributed by atoms with E-state index < -0.39 is 5.92 Å². The van der Waals surface area contributed by atoms with Crippen LogP contribution < -0.4 is 0 Å². The lowest BCUT2D eigenvalue weighted by Gasteiger charge is -2.30. The van der Waals surface area contributed by atoms with E-state index in [1.807, 2.05) is 38.1 Å². The van der Waals surface area contributed by atoms with Gasteiger partial charge < -0.3 is 19.5 Å². The van der Waals surface area contributed by atoms with Gasteiger partial charge in [-0.05, 0) is 47.4 Å². The number of aliphatic hydroxyl groups is 1. The van der Waals surface area contributed by atoms with Crippen LogP contribution in [0, 0.1) is 11.3 Å². The molecule has 44 heavy (non-hydrogen) atoms. The fraction of sp³-hybridized carbons (Fsp3) is 0.500. The molecule has 1 atom stereocenters. The SMILES string of the molecule is CC(=NCCCC[C@@H](CC(=O)OCC1c2ccccc2-c2ccccc21)C(=O)N1CCOCC1)C1=C(O)CC(C)(C)CC1=O. The molecule has 1 heterocycles. The molecular formula is C36H44N2O6. The van der Waals surface area contributed by atoms with Gasteiger partial charge in [-0.15, -0.1) is 0 Å². The number of amides is 1. The third kappa shape index (κ3) is 7.29. The Kier molecular flexibility index (Phi) is 9.99. The predicted octanol–water partition coefficient (Wildman–Crippen LogP) is 6.04. The molecule has 1 amide bonds. The van der Waals surface area contributed by atoms with E-state index in [1.165, 1.54) is 11.1 Å². The van der Waals surface area contributed by atoms with Crippen molar-refractivity contribution in [3.8, 4) is 11.1 Å². The number of hydrogen-bond acceptors (Lipinski definition) is 7. The largest absolute Gasteiger partial charge is 0.511 e. The van der Waals surface area contributed by atoms with E-state index in [1.54, 1.807) is 11.8 Å². The molecule has 2 aromatic rings. The number of fused-ring (bicyclic) bond motifs is 3. The second kappa shape index (κ2) is 13.9. The van der Waals surface area contributed by atoms with Gasteiger partial charge in [0.15, 0.2) is 5.78 Å². The molecule has 0 aromatic heterocycles. The first kappa shape index (κ1) is 31.6. The normalized spacial score (nSPS) is 19.0. The van der Waals surface area contributed by atoms with Crippen LogP contribution in [-0.2, 0) is 23.9 Å². The predicted molar refractivity (Wildman–Crippen MR) is 170 cm³/mol. The number of benzene rings is 2. The molecule has 0 radical (unpaired) electrons. The number of esters is 1. The summed E-state index contributed by atoms with van der Waals surface area (Å²) in [5.41, 5.74) is 5.31. The molecule has 3 aliphatic rings. The first-order chi connectivity index (χ1) is 21.1. The van der Waals surface area contributed by atoms with E-state index in [0.717, 1.165) is 11.1 Å². The Morgan fingerprint density at radius 2 is 1.66 bits per heavy atom. The highest BCUT2D eigenvalue weighted by Crippen LogP contribution is 2.44. The summed E-state index contributed by atoms with van der Waals surface area (Å²) < 4.78 is 11.3. The van der Waals surface area contributed by atoms with Crippen LogP contribution >= 0.6 is 0 Å². The Hall–Kier alpha value is -3.78. The van der Waals surface area contributed by atoms with Crippen molar-refractivity contribution in [3.05, 3.63) is 71.0 Å². The fourth-order valence-corrected chi connectivity index (χ4v) is 6.76. The Morgan fingerprint density at radius 3 is 2.30 bits per heavy atom. The first-order valence-electron chi connectivity index (χ1n) is 15.8. The van der Waals surface area contributed by atoms with Crippen molar-refractivity contribution in [1.82, 2.24) is 4.90 Å². The highest BCUT2D eigenvalue weighted by atomic mass is 16.5.